The molecule has 6 nitrogen and oxygen atoms in total. The number of fused-ring (bicyclic) bond motifs is 2. The Morgan fingerprint density at radius 3 is 2.20 bits per heavy atom. The molecule has 2 aromatic heterocycles. The van der Waals surface area contributed by atoms with Crippen LogP contribution < -0.4 is 10.4 Å². The standard InChI is InChI=1S/C34H29N5O/c1-40-30-17-15-25(16-18-30)19-21-37-34-38(23-27-13-11-26(22-35)12-14-27)31-9-2-3-10-32(31)39(34)24-29-7-4-6-28-8-5-20-36-33(28)29/h2-18,20H,19,21,23-24H2,1H3/b37-34+. The van der Waals surface area contributed by atoms with Gasteiger partial charge in [0.1, 0.15) is 5.75 Å². The second-order valence-corrected chi connectivity index (χ2v) is 9.74. The lowest BCUT2D eigenvalue weighted by molar-refractivity contribution is 0.414. The summed E-state index contributed by atoms with van der Waals surface area (Å²) in [6.45, 7) is 1.94. The molecule has 0 unspecified atom stereocenters. The molecule has 6 rings (SSSR count). The molecule has 0 amide bonds. The molecule has 0 N–H and O–H groups in total. The summed E-state index contributed by atoms with van der Waals surface area (Å²) in [5.41, 5.74) is 8.28. The first-order valence-corrected chi connectivity index (χ1v) is 13.4. The Bertz CT molecular complexity index is 1890. The van der Waals surface area contributed by atoms with E-state index in [0.717, 1.165) is 50.9 Å². The summed E-state index contributed by atoms with van der Waals surface area (Å²) < 4.78 is 9.90. The van der Waals surface area contributed by atoms with E-state index in [1.165, 1.54) is 5.56 Å². The smallest absolute Gasteiger partial charge is 0.206 e. The highest BCUT2D eigenvalue weighted by molar-refractivity contribution is 5.82. The lowest BCUT2D eigenvalue weighted by Gasteiger charge is -2.10. The van der Waals surface area contributed by atoms with E-state index in [4.69, 9.17) is 14.7 Å². The summed E-state index contributed by atoms with van der Waals surface area (Å²) in [4.78, 5) is 9.92. The summed E-state index contributed by atoms with van der Waals surface area (Å²) >= 11 is 0. The number of nitrogens with zero attached hydrogens (tertiary/aromatic N) is 5. The third-order valence-corrected chi connectivity index (χ3v) is 7.23. The van der Waals surface area contributed by atoms with Gasteiger partial charge in [0.2, 0.25) is 5.62 Å². The van der Waals surface area contributed by atoms with Crippen molar-refractivity contribution in [2.45, 2.75) is 19.5 Å². The van der Waals surface area contributed by atoms with Gasteiger partial charge in [0, 0.05) is 18.1 Å². The largest absolute Gasteiger partial charge is 0.497 e. The van der Waals surface area contributed by atoms with Gasteiger partial charge < -0.3 is 13.9 Å². The van der Waals surface area contributed by atoms with Crippen molar-refractivity contribution in [3.63, 3.8) is 0 Å². The quantitative estimate of drug-likeness (QED) is 0.242. The number of hydrogen-bond donors (Lipinski definition) is 0. The van der Waals surface area contributed by atoms with E-state index < -0.39 is 0 Å². The van der Waals surface area contributed by atoms with Crippen LogP contribution >= 0.6 is 0 Å². The Hall–Kier alpha value is -5.15. The van der Waals surface area contributed by atoms with Crippen LogP contribution in [0, 0.1) is 11.3 Å². The van der Waals surface area contributed by atoms with Crippen LogP contribution in [0.15, 0.2) is 114 Å². The van der Waals surface area contributed by atoms with E-state index in [1.807, 2.05) is 48.7 Å². The first-order chi connectivity index (χ1) is 19.7. The molecule has 0 fully saturated rings. The Kier molecular flexibility index (Phi) is 7.11. The van der Waals surface area contributed by atoms with Crippen molar-refractivity contribution in [3.8, 4) is 11.8 Å². The Labute approximate surface area is 233 Å². The van der Waals surface area contributed by atoms with Gasteiger partial charge in [-0.3, -0.25) is 9.98 Å². The molecule has 2 heterocycles. The fraction of sp³-hybridized carbons (Fsp3) is 0.147. The maximum absolute atomic E-state index is 9.26. The molecule has 6 aromatic rings. The monoisotopic (exact) mass is 523 g/mol. The number of para-hydroxylation sites is 3. The van der Waals surface area contributed by atoms with Crippen molar-refractivity contribution in [1.29, 1.82) is 5.26 Å². The molecule has 0 aliphatic rings. The number of nitriles is 1. The number of benzene rings is 4. The predicted molar refractivity (Wildman–Crippen MR) is 158 cm³/mol. The number of hydrogen-bond acceptors (Lipinski definition) is 4. The molecule has 0 saturated heterocycles. The SMILES string of the molecule is COc1ccc(CC/N=c2\n(Cc3ccc(C#N)cc3)c3ccccc3n2Cc2cccc3cccnc23)cc1. The van der Waals surface area contributed by atoms with Crippen LogP contribution in [0.3, 0.4) is 0 Å². The van der Waals surface area contributed by atoms with Gasteiger partial charge in [0.05, 0.1) is 48.4 Å². The van der Waals surface area contributed by atoms with Crippen molar-refractivity contribution in [3.05, 3.63) is 137 Å². The minimum absolute atomic E-state index is 0.643. The Balaban J connectivity index is 1.46. The fourth-order valence-corrected chi connectivity index (χ4v) is 5.17. The topological polar surface area (TPSA) is 68.1 Å². The van der Waals surface area contributed by atoms with Crippen LogP contribution in [0.4, 0.5) is 0 Å². The third kappa shape index (κ3) is 5.10. The van der Waals surface area contributed by atoms with Gasteiger partial charge in [-0.15, -0.1) is 0 Å². The molecule has 0 aliphatic carbocycles. The second-order valence-electron chi connectivity index (χ2n) is 9.74. The molecule has 6 heteroatoms. The second kappa shape index (κ2) is 11.3. The van der Waals surface area contributed by atoms with Gasteiger partial charge in [0.15, 0.2) is 0 Å². The molecule has 0 saturated carbocycles. The Morgan fingerprint density at radius 1 is 0.775 bits per heavy atom. The molecule has 0 spiro atoms. The van der Waals surface area contributed by atoms with Crippen LogP contribution in [-0.2, 0) is 19.5 Å². The highest BCUT2D eigenvalue weighted by Crippen LogP contribution is 2.21. The maximum atomic E-state index is 9.26. The predicted octanol–water partition coefficient (Wildman–Crippen LogP) is 6.11. The van der Waals surface area contributed by atoms with Gasteiger partial charge in [-0.25, -0.2) is 0 Å². The zero-order valence-corrected chi connectivity index (χ0v) is 22.4. The Morgan fingerprint density at radius 2 is 1.48 bits per heavy atom. The van der Waals surface area contributed by atoms with E-state index in [0.29, 0.717) is 25.2 Å². The van der Waals surface area contributed by atoms with Crippen LogP contribution in [0.5, 0.6) is 5.75 Å². The van der Waals surface area contributed by atoms with Crippen molar-refractivity contribution >= 4 is 21.9 Å². The number of ether oxygens (including phenoxy) is 1. The molecular formula is C34H29N5O. The van der Waals surface area contributed by atoms with Crippen molar-refractivity contribution in [2.24, 2.45) is 4.99 Å². The minimum atomic E-state index is 0.643. The number of imidazole rings is 1. The van der Waals surface area contributed by atoms with E-state index >= 15 is 0 Å². The van der Waals surface area contributed by atoms with Crippen LogP contribution in [0.1, 0.15) is 22.3 Å². The number of pyridine rings is 1. The number of aromatic nitrogens is 3. The summed E-state index contributed by atoms with van der Waals surface area (Å²) in [6.07, 6.45) is 2.67. The zero-order chi connectivity index (χ0) is 27.3. The summed E-state index contributed by atoms with van der Waals surface area (Å²) in [5, 5.41) is 10.4. The lowest BCUT2D eigenvalue weighted by atomic mass is 10.1. The third-order valence-electron chi connectivity index (χ3n) is 7.23. The maximum Gasteiger partial charge on any atom is 0.206 e. The molecule has 196 valence electrons. The highest BCUT2D eigenvalue weighted by atomic mass is 16.5. The molecular weight excluding hydrogens is 494 g/mol. The molecule has 0 radical (unpaired) electrons. The average Bonchev–Trinajstić information content (AvgIpc) is 3.29. The van der Waals surface area contributed by atoms with Gasteiger partial charge in [0.25, 0.3) is 0 Å². The van der Waals surface area contributed by atoms with Gasteiger partial charge >= 0.3 is 0 Å². The zero-order valence-electron chi connectivity index (χ0n) is 22.4. The van der Waals surface area contributed by atoms with E-state index in [9.17, 15) is 5.26 Å². The summed E-state index contributed by atoms with van der Waals surface area (Å²) in [7, 11) is 1.68. The van der Waals surface area contributed by atoms with Crippen molar-refractivity contribution in [1.82, 2.24) is 14.1 Å². The molecule has 0 bridgehead atoms. The number of rotatable bonds is 8. The molecule has 0 atom stereocenters. The van der Waals surface area contributed by atoms with E-state index in [2.05, 4.69) is 75.9 Å². The minimum Gasteiger partial charge on any atom is -0.497 e. The van der Waals surface area contributed by atoms with E-state index in [1.54, 1.807) is 7.11 Å². The lowest BCUT2D eigenvalue weighted by Crippen LogP contribution is -2.28. The van der Waals surface area contributed by atoms with Crippen LogP contribution in [-0.4, -0.2) is 27.8 Å². The van der Waals surface area contributed by atoms with Gasteiger partial charge in [-0.1, -0.05) is 60.7 Å². The normalized spacial score (nSPS) is 11.7. The number of methoxy groups -OCH3 is 1. The van der Waals surface area contributed by atoms with Gasteiger partial charge in [-0.2, -0.15) is 5.26 Å². The highest BCUT2D eigenvalue weighted by Gasteiger charge is 2.14. The molecule has 40 heavy (non-hydrogen) atoms. The van der Waals surface area contributed by atoms with Crippen LogP contribution in [0.25, 0.3) is 21.9 Å². The van der Waals surface area contributed by atoms with Crippen molar-refractivity contribution < 1.29 is 4.74 Å². The van der Waals surface area contributed by atoms with E-state index in [-0.39, 0.29) is 0 Å². The van der Waals surface area contributed by atoms with Gasteiger partial charge in [-0.05, 0) is 65.6 Å². The average molecular weight is 524 g/mol. The van der Waals surface area contributed by atoms with Crippen molar-refractivity contribution in [2.75, 3.05) is 13.7 Å². The fourth-order valence-electron chi connectivity index (χ4n) is 5.17. The summed E-state index contributed by atoms with van der Waals surface area (Å²) in [5.74, 6) is 0.852. The van der Waals surface area contributed by atoms with Crippen LogP contribution in [0.2, 0.25) is 0 Å². The molecule has 0 aliphatic heterocycles. The first-order valence-electron chi connectivity index (χ1n) is 13.4. The molecule has 4 aromatic carbocycles. The summed E-state index contributed by atoms with van der Waals surface area (Å²) in [6, 6.07) is 37.0. The first kappa shape index (κ1) is 25.1.